The van der Waals surface area contributed by atoms with Crippen molar-refractivity contribution in [1.82, 2.24) is 10.2 Å². The number of carbonyl (C=O) groups excluding carboxylic acids is 2. The largest absolute Gasteiger partial charge is 0.441 e. The molecule has 1 saturated heterocycles. The first-order valence-electron chi connectivity index (χ1n) is 6.14. The standard InChI is InChI=1S/C11H15F3N2O2S/c12-11(13,14)19-4-3-15-10(18)7-5-9(17)16(6-7)8-1-2-8/h7-8H,1-6H2,(H,15,18)/t7-/m1/s1. The van der Waals surface area contributed by atoms with Crippen LogP contribution in [0, 0.1) is 5.92 Å². The fraction of sp³-hybridized carbons (Fsp3) is 0.818. The maximum absolute atomic E-state index is 11.9. The molecule has 0 spiro atoms. The van der Waals surface area contributed by atoms with Gasteiger partial charge in [-0.1, -0.05) is 0 Å². The fourth-order valence-corrected chi connectivity index (χ4v) is 2.57. The summed E-state index contributed by atoms with van der Waals surface area (Å²) in [6, 6.07) is 0.283. The summed E-state index contributed by atoms with van der Waals surface area (Å²) >= 11 is -0.158. The molecule has 1 N–H and O–H groups in total. The van der Waals surface area contributed by atoms with Crippen molar-refractivity contribution in [3.05, 3.63) is 0 Å². The summed E-state index contributed by atoms with van der Waals surface area (Å²) in [7, 11) is 0. The first-order chi connectivity index (χ1) is 8.87. The van der Waals surface area contributed by atoms with Gasteiger partial charge in [0, 0.05) is 31.3 Å². The van der Waals surface area contributed by atoms with Crippen LogP contribution >= 0.6 is 11.8 Å². The first-order valence-corrected chi connectivity index (χ1v) is 7.13. The van der Waals surface area contributed by atoms with Crippen molar-refractivity contribution in [2.45, 2.75) is 30.8 Å². The van der Waals surface area contributed by atoms with Gasteiger partial charge in [-0.25, -0.2) is 0 Å². The predicted octanol–water partition coefficient (Wildman–Crippen LogP) is 1.37. The minimum Gasteiger partial charge on any atom is -0.355 e. The maximum atomic E-state index is 11.9. The summed E-state index contributed by atoms with van der Waals surface area (Å²) in [4.78, 5) is 25.1. The average Bonchev–Trinajstić information content (AvgIpc) is 3.07. The number of carbonyl (C=O) groups is 2. The molecule has 2 aliphatic rings. The van der Waals surface area contributed by atoms with Crippen LogP contribution in [0.3, 0.4) is 0 Å². The van der Waals surface area contributed by atoms with Crippen LogP contribution in [-0.4, -0.2) is 47.1 Å². The van der Waals surface area contributed by atoms with Gasteiger partial charge in [-0.15, -0.1) is 0 Å². The molecule has 1 saturated carbocycles. The quantitative estimate of drug-likeness (QED) is 0.780. The van der Waals surface area contributed by atoms with Crippen LogP contribution in [0.1, 0.15) is 19.3 Å². The number of nitrogens with zero attached hydrogens (tertiary/aromatic N) is 1. The molecule has 1 heterocycles. The lowest BCUT2D eigenvalue weighted by Gasteiger charge is -2.15. The Hall–Kier alpha value is -0.920. The lowest BCUT2D eigenvalue weighted by Crippen LogP contribution is -2.34. The van der Waals surface area contributed by atoms with Crippen molar-refractivity contribution in [2.24, 2.45) is 5.92 Å². The van der Waals surface area contributed by atoms with Crippen molar-refractivity contribution >= 4 is 23.6 Å². The Morgan fingerprint density at radius 3 is 2.68 bits per heavy atom. The van der Waals surface area contributed by atoms with Crippen molar-refractivity contribution in [3.63, 3.8) is 0 Å². The highest BCUT2D eigenvalue weighted by Gasteiger charge is 2.41. The molecule has 1 aliphatic carbocycles. The Bertz CT molecular complexity index is 371. The van der Waals surface area contributed by atoms with Gasteiger partial charge in [0.1, 0.15) is 0 Å². The van der Waals surface area contributed by atoms with Gasteiger partial charge in [-0.2, -0.15) is 13.2 Å². The highest BCUT2D eigenvalue weighted by atomic mass is 32.2. The Labute approximate surface area is 113 Å². The van der Waals surface area contributed by atoms with Crippen LogP contribution in [0.15, 0.2) is 0 Å². The predicted molar refractivity (Wildman–Crippen MR) is 64.4 cm³/mol. The van der Waals surface area contributed by atoms with E-state index in [2.05, 4.69) is 5.32 Å². The summed E-state index contributed by atoms with van der Waals surface area (Å²) in [6.07, 6.45) is 2.15. The maximum Gasteiger partial charge on any atom is 0.441 e. The van der Waals surface area contributed by atoms with E-state index in [1.54, 1.807) is 4.90 Å². The minimum absolute atomic E-state index is 0.0210. The normalized spacial score (nSPS) is 23.8. The molecule has 4 nitrogen and oxygen atoms in total. The Morgan fingerprint density at radius 1 is 1.42 bits per heavy atom. The van der Waals surface area contributed by atoms with Crippen LogP contribution < -0.4 is 5.32 Å². The van der Waals surface area contributed by atoms with E-state index < -0.39 is 11.4 Å². The number of likely N-dealkylation sites (tertiary alicyclic amines) is 1. The van der Waals surface area contributed by atoms with E-state index >= 15 is 0 Å². The second-order valence-corrected chi connectivity index (χ2v) is 5.92. The third-order valence-corrected chi connectivity index (χ3v) is 3.92. The summed E-state index contributed by atoms with van der Waals surface area (Å²) in [5, 5.41) is 2.46. The van der Waals surface area contributed by atoms with Crippen LogP contribution in [0.25, 0.3) is 0 Å². The van der Waals surface area contributed by atoms with Crippen LogP contribution in [0.5, 0.6) is 0 Å². The Morgan fingerprint density at radius 2 is 2.11 bits per heavy atom. The molecular weight excluding hydrogens is 281 g/mol. The molecule has 0 unspecified atom stereocenters. The highest BCUT2D eigenvalue weighted by Crippen LogP contribution is 2.32. The smallest absolute Gasteiger partial charge is 0.355 e. The SMILES string of the molecule is O=C(NCCSC(F)(F)F)[C@@H]1CC(=O)N(C2CC2)C1. The summed E-state index contributed by atoms with van der Waals surface area (Å²) in [5.74, 6) is -0.960. The van der Waals surface area contributed by atoms with E-state index in [9.17, 15) is 22.8 Å². The second-order valence-electron chi connectivity index (χ2n) is 4.76. The summed E-state index contributed by atoms with van der Waals surface area (Å²) in [6.45, 7) is 0.374. The zero-order valence-electron chi connectivity index (χ0n) is 10.2. The van der Waals surface area contributed by atoms with E-state index in [-0.39, 0.29) is 48.3 Å². The number of thioether (sulfide) groups is 1. The first kappa shape index (κ1) is 14.5. The van der Waals surface area contributed by atoms with Gasteiger partial charge in [-0.05, 0) is 24.6 Å². The molecule has 1 aliphatic heterocycles. The summed E-state index contributed by atoms with van der Waals surface area (Å²) < 4.78 is 35.6. The Kier molecular flexibility index (Phi) is 4.27. The number of halogens is 3. The average molecular weight is 296 g/mol. The van der Waals surface area contributed by atoms with Crippen molar-refractivity contribution in [2.75, 3.05) is 18.8 Å². The van der Waals surface area contributed by atoms with Gasteiger partial charge in [-0.3, -0.25) is 9.59 Å². The van der Waals surface area contributed by atoms with E-state index in [1.807, 2.05) is 0 Å². The molecule has 8 heteroatoms. The van der Waals surface area contributed by atoms with Crippen LogP contribution in [0.2, 0.25) is 0 Å². The number of alkyl halides is 3. The van der Waals surface area contributed by atoms with Gasteiger partial charge in [0.05, 0.1) is 5.92 Å². The summed E-state index contributed by atoms with van der Waals surface area (Å²) in [5.41, 5.74) is -4.27. The molecule has 0 radical (unpaired) electrons. The third-order valence-electron chi connectivity index (χ3n) is 3.18. The lowest BCUT2D eigenvalue weighted by molar-refractivity contribution is -0.129. The molecule has 2 amide bonds. The molecule has 1 atom stereocenters. The fourth-order valence-electron chi connectivity index (χ4n) is 2.13. The Balaban J connectivity index is 1.68. The molecule has 19 heavy (non-hydrogen) atoms. The molecule has 0 aromatic heterocycles. The van der Waals surface area contributed by atoms with E-state index in [0.29, 0.717) is 6.54 Å². The number of hydrogen-bond acceptors (Lipinski definition) is 3. The monoisotopic (exact) mass is 296 g/mol. The molecule has 0 aromatic rings. The van der Waals surface area contributed by atoms with E-state index in [0.717, 1.165) is 12.8 Å². The number of rotatable bonds is 5. The highest BCUT2D eigenvalue weighted by molar-refractivity contribution is 8.00. The number of amides is 2. The molecule has 108 valence electrons. The number of hydrogen-bond donors (Lipinski definition) is 1. The number of nitrogens with one attached hydrogen (secondary N) is 1. The topological polar surface area (TPSA) is 49.4 Å². The van der Waals surface area contributed by atoms with Crippen molar-refractivity contribution in [3.8, 4) is 0 Å². The van der Waals surface area contributed by atoms with Crippen LogP contribution in [0.4, 0.5) is 13.2 Å². The lowest BCUT2D eigenvalue weighted by atomic mass is 10.1. The van der Waals surface area contributed by atoms with Crippen LogP contribution in [-0.2, 0) is 9.59 Å². The molecule has 0 bridgehead atoms. The molecule has 2 rings (SSSR count). The zero-order chi connectivity index (χ0) is 14.0. The molecule has 0 aromatic carbocycles. The van der Waals surface area contributed by atoms with Gasteiger partial charge in [0.2, 0.25) is 11.8 Å². The van der Waals surface area contributed by atoms with Gasteiger partial charge >= 0.3 is 5.51 Å². The van der Waals surface area contributed by atoms with Crippen molar-refractivity contribution in [1.29, 1.82) is 0 Å². The third kappa shape index (κ3) is 4.29. The molecule has 2 fully saturated rings. The van der Waals surface area contributed by atoms with E-state index in [1.165, 1.54) is 0 Å². The molecular formula is C11H15F3N2O2S. The van der Waals surface area contributed by atoms with Gasteiger partial charge in [0.15, 0.2) is 0 Å². The zero-order valence-corrected chi connectivity index (χ0v) is 11.0. The van der Waals surface area contributed by atoms with Crippen molar-refractivity contribution < 1.29 is 22.8 Å². The second kappa shape index (κ2) is 5.60. The van der Waals surface area contributed by atoms with E-state index in [4.69, 9.17) is 0 Å². The van der Waals surface area contributed by atoms with Gasteiger partial charge < -0.3 is 10.2 Å². The minimum atomic E-state index is -4.27. The van der Waals surface area contributed by atoms with Gasteiger partial charge in [0.25, 0.3) is 0 Å².